The highest BCUT2D eigenvalue weighted by atomic mass is 32.1. The summed E-state index contributed by atoms with van der Waals surface area (Å²) in [7, 11) is 0. The van der Waals surface area contributed by atoms with Gasteiger partial charge in [-0.25, -0.2) is 14.4 Å². The Kier molecular flexibility index (Phi) is 6.16. The van der Waals surface area contributed by atoms with Crippen LogP contribution in [0.25, 0.3) is 0 Å². The molecule has 1 aliphatic rings. The SMILES string of the molecule is CC(C)(C)OC(=O)Nc1nc(/C(=N/OC2(C(=O)OC(C)(C)C)CC2)C(=O)O)ns1. The second kappa shape index (κ2) is 7.93. The van der Waals surface area contributed by atoms with Crippen LogP contribution in [0.1, 0.15) is 60.2 Å². The number of hydrogen-bond donors (Lipinski definition) is 2. The highest BCUT2D eigenvalue weighted by Crippen LogP contribution is 2.42. The van der Waals surface area contributed by atoms with Crippen molar-refractivity contribution in [3.63, 3.8) is 0 Å². The van der Waals surface area contributed by atoms with Gasteiger partial charge < -0.3 is 19.4 Å². The van der Waals surface area contributed by atoms with Crippen molar-refractivity contribution in [2.75, 3.05) is 5.32 Å². The molecule has 1 amide bonds. The largest absolute Gasteiger partial charge is 0.476 e. The minimum absolute atomic E-state index is 0.0245. The van der Waals surface area contributed by atoms with Crippen LogP contribution in [0, 0.1) is 0 Å². The molecule has 1 saturated carbocycles. The van der Waals surface area contributed by atoms with Crippen molar-refractivity contribution in [3.05, 3.63) is 5.82 Å². The van der Waals surface area contributed by atoms with Gasteiger partial charge in [0.15, 0.2) is 0 Å². The van der Waals surface area contributed by atoms with E-state index in [2.05, 4.69) is 19.8 Å². The summed E-state index contributed by atoms with van der Waals surface area (Å²) >= 11 is 0.748. The lowest BCUT2D eigenvalue weighted by Gasteiger charge is -2.22. The van der Waals surface area contributed by atoms with Gasteiger partial charge in [0, 0.05) is 24.4 Å². The highest BCUT2D eigenvalue weighted by molar-refractivity contribution is 7.10. The van der Waals surface area contributed by atoms with Crippen molar-refractivity contribution in [2.45, 2.75) is 71.2 Å². The van der Waals surface area contributed by atoms with E-state index in [0.29, 0.717) is 12.8 Å². The smallest absolute Gasteiger partial charge is 0.414 e. The van der Waals surface area contributed by atoms with Gasteiger partial charge in [0.25, 0.3) is 0 Å². The Morgan fingerprint density at radius 2 is 1.69 bits per heavy atom. The fourth-order valence-electron chi connectivity index (χ4n) is 1.89. The average molecular weight is 428 g/mol. The molecule has 0 atom stereocenters. The Morgan fingerprint density at radius 3 is 2.17 bits per heavy atom. The molecule has 11 nitrogen and oxygen atoms in total. The zero-order chi connectivity index (χ0) is 22.0. The van der Waals surface area contributed by atoms with Crippen molar-refractivity contribution >= 4 is 40.4 Å². The lowest BCUT2D eigenvalue weighted by molar-refractivity contribution is -0.172. The average Bonchev–Trinajstić information content (AvgIpc) is 3.17. The molecule has 0 saturated heterocycles. The van der Waals surface area contributed by atoms with Gasteiger partial charge in [-0.3, -0.25) is 5.32 Å². The van der Waals surface area contributed by atoms with E-state index in [0.717, 1.165) is 11.5 Å². The second-order valence-electron chi connectivity index (χ2n) is 8.38. The van der Waals surface area contributed by atoms with Crippen molar-refractivity contribution < 1.29 is 33.8 Å². The molecule has 1 aliphatic carbocycles. The standard InChI is InChI=1S/C17H24N4O7S/c1-15(2,3)26-12(24)17(7-8-17)28-20-9(11(22)23)10-18-13(29-21-10)19-14(25)27-16(4,5)6/h7-8H2,1-6H3,(H,22,23)(H,18,19,21,25)/b20-9-. The number of oxime groups is 1. The summed E-state index contributed by atoms with van der Waals surface area (Å²) in [5, 5.41) is 15.4. The van der Waals surface area contributed by atoms with Crippen molar-refractivity contribution in [2.24, 2.45) is 5.16 Å². The van der Waals surface area contributed by atoms with Crippen LogP contribution in [0.15, 0.2) is 5.16 Å². The third-order valence-electron chi connectivity index (χ3n) is 3.23. The third kappa shape index (κ3) is 6.66. The summed E-state index contributed by atoms with van der Waals surface area (Å²) in [5.41, 5.74) is -3.33. The summed E-state index contributed by atoms with van der Waals surface area (Å²) in [6.45, 7) is 10.2. The number of aromatic nitrogens is 2. The maximum Gasteiger partial charge on any atom is 0.414 e. The molecule has 0 bridgehead atoms. The van der Waals surface area contributed by atoms with Crippen LogP contribution in [0.5, 0.6) is 0 Å². The Balaban J connectivity index is 2.11. The number of carboxylic acids is 1. The summed E-state index contributed by atoms with van der Waals surface area (Å²) < 4.78 is 14.2. The molecule has 29 heavy (non-hydrogen) atoms. The number of ether oxygens (including phenoxy) is 2. The van der Waals surface area contributed by atoms with Gasteiger partial charge in [0.1, 0.15) is 11.2 Å². The number of anilines is 1. The molecule has 2 rings (SSSR count). The Labute approximate surface area is 171 Å². The minimum atomic E-state index is -1.45. The van der Waals surface area contributed by atoms with Gasteiger partial charge in [-0.2, -0.15) is 9.36 Å². The monoisotopic (exact) mass is 428 g/mol. The van der Waals surface area contributed by atoms with Crippen molar-refractivity contribution in [1.29, 1.82) is 0 Å². The first-order valence-electron chi connectivity index (χ1n) is 8.78. The molecule has 1 heterocycles. The first-order chi connectivity index (χ1) is 13.2. The Hall–Kier alpha value is -2.76. The zero-order valence-corrected chi connectivity index (χ0v) is 17.9. The van der Waals surface area contributed by atoms with Crippen LogP contribution in [-0.4, -0.2) is 55.0 Å². The maximum absolute atomic E-state index is 12.2. The summed E-state index contributed by atoms with van der Waals surface area (Å²) in [6.07, 6.45) is -0.0465. The van der Waals surface area contributed by atoms with E-state index in [4.69, 9.17) is 14.3 Å². The second-order valence-corrected chi connectivity index (χ2v) is 9.13. The Bertz CT molecular complexity index is 832. The molecule has 1 aromatic heterocycles. The number of aliphatic carboxylic acids is 1. The van der Waals surface area contributed by atoms with Gasteiger partial charge in [0.2, 0.25) is 22.3 Å². The number of carbonyl (C=O) groups excluding carboxylic acids is 2. The van der Waals surface area contributed by atoms with Crippen LogP contribution >= 0.6 is 11.5 Å². The van der Waals surface area contributed by atoms with Crippen LogP contribution < -0.4 is 5.32 Å². The van der Waals surface area contributed by atoms with E-state index >= 15 is 0 Å². The van der Waals surface area contributed by atoms with Crippen LogP contribution in [0.4, 0.5) is 9.93 Å². The molecule has 0 spiro atoms. The van der Waals surface area contributed by atoms with E-state index in [1.165, 1.54) is 0 Å². The quantitative estimate of drug-likeness (QED) is 0.396. The maximum atomic E-state index is 12.2. The summed E-state index contributed by atoms with van der Waals surface area (Å²) in [4.78, 5) is 44.7. The fraction of sp³-hybridized carbons (Fsp3) is 0.647. The van der Waals surface area contributed by atoms with E-state index in [1.807, 2.05) is 0 Å². The molecule has 0 aliphatic heterocycles. The predicted molar refractivity (Wildman–Crippen MR) is 103 cm³/mol. The van der Waals surface area contributed by atoms with E-state index in [9.17, 15) is 19.5 Å². The summed E-state index contributed by atoms with van der Waals surface area (Å²) in [5.74, 6) is -2.34. The number of hydrogen-bond acceptors (Lipinski definition) is 10. The molecule has 1 aromatic rings. The topological polar surface area (TPSA) is 149 Å². The number of carboxylic acid groups (broad SMARTS) is 1. The fourth-order valence-corrected chi connectivity index (χ4v) is 2.44. The van der Waals surface area contributed by atoms with Gasteiger partial charge >= 0.3 is 18.0 Å². The number of nitrogens with one attached hydrogen (secondary N) is 1. The molecule has 2 N–H and O–H groups in total. The molecule has 0 radical (unpaired) electrons. The molecule has 160 valence electrons. The van der Waals surface area contributed by atoms with E-state index < -0.39 is 40.5 Å². The highest BCUT2D eigenvalue weighted by Gasteiger charge is 2.56. The molecular weight excluding hydrogens is 404 g/mol. The first kappa shape index (κ1) is 22.5. The van der Waals surface area contributed by atoms with Crippen molar-refractivity contribution in [1.82, 2.24) is 9.36 Å². The van der Waals surface area contributed by atoms with Crippen LogP contribution in [0.3, 0.4) is 0 Å². The minimum Gasteiger partial charge on any atom is -0.476 e. The molecule has 12 heteroatoms. The normalized spacial score (nSPS) is 16.0. The van der Waals surface area contributed by atoms with E-state index in [-0.39, 0.29) is 11.0 Å². The molecule has 0 aromatic carbocycles. The van der Waals surface area contributed by atoms with E-state index in [1.54, 1.807) is 41.5 Å². The van der Waals surface area contributed by atoms with Gasteiger partial charge in [-0.15, -0.1) is 0 Å². The van der Waals surface area contributed by atoms with Crippen LogP contribution in [-0.2, 0) is 23.9 Å². The van der Waals surface area contributed by atoms with Crippen LogP contribution in [0.2, 0.25) is 0 Å². The Morgan fingerprint density at radius 1 is 1.10 bits per heavy atom. The number of carbonyl (C=O) groups is 3. The predicted octanol–water partition coefficient (Wildman–Crippen LogP) is 2.56. The lowest BCUT2D eigenvalue weighted by atomic mass is 10.2. The number of amides is 1. The zero-order valence-electron chi connectivity index (χ0n) is 17.1. The van der Waals surface area contributed by atoms with Crippen molar-refractivity contribution in [3.8, 4) is 0 Å². The molecule has 0 unspecified atom stereocenters. The number of rotatable bonds is 6. The third-order valence-corrected chi connectivity index (χ3v) is 3.87. The van der Waals surface area contributed by atoms with Gasteiger partial charge in [-0.1, -0.05) is 5.16 Å². The van der Waals surface area contributed by atoms with Gasteiger partial charge in [-0.05, 0) is 41.5 Å². The van der Waals surface area contributed by atoms with Gasteiger partial charge in [0.05, 0.1) is 0 Å². The molecular formula is C17H24N4O7S. The summed E-state index contributed by atoms with van der Waals surface area (Å²) in [6, 6.07) is 0. The number of esters is 1. The molecule has 1 fully saturated rings. The first-order valence-corrected chi connectivity index (χ1v) is 9.55. The number of nitrogens with zero attached hydrogens (tertiary/aromatic N) is 3. The lowest BCUT2D eigenvalue weighted by Crippen LogP contribution is -2.34.